The third kappa shape index (κ3) is 4.21. The van der Waals surface area contributed by atoms with Gasteiger partial charge in [-0.3, -0.25) is 4.79 Å². The number of rotatable bonds is 7. The Morgan fingerprint density at radius 1 is 1.12 bits per heavy atom. The minimum Gasteiger partial charge on any atom is -0.460 e. The van der Waals surface area contributed by atoms with Crippen molar-refractivity contribution in [3.05, 3.63) is 53.7 Å². The number of carbonyl (C=O) groups is 1. The van der Waals surface area contributed by atoms with Gasteiger partial charge >= 0.3 is 0 Å². The highest BCUT2D eigenvalue weighted by molar-refractivity contribution is 5.95. The molecule has 0 bridgehead atoms. The molecule has 2 heterocycles. The van der Waals surface area contributed by atoms with Gasteiger partial charge < -0.3 is 20.8 Å². The molecule has 0 saturated heterocycles. The molecule has 1 aromatic carbocycles. The number of nitrogens with two attached hydrogens (primary N) is 1. The molecule has 0 fully saturated rings. The van der Waals surface area contributed by atoms with Crippen molar-refractivity contribution < 1.29 is 18.2 Å². The van der Waals surface area contributed by atoms with Crippen molar-refractivity contribution in [2.45, 2.75) is 6.54 Å². The topological polar surface area (TPSA) is 119 Å². The second-order valence-corrected chi connectivity index (χ2v) is 5.20. The largest absolute Gasteiger partial charge is 0.460 e. The highest BCUT2D eigenvalue weighted by atomic mass is 19.1. The van der Waals surface area contributed by atoms with E-state index in [-0.39, 0.29) is 17.3 Å². The number of nitrogens with one attached hydrogen (secondary N) is 2. The predicted molar refractivity (Wildman–Crippen MR) is 86.9 cm³/mol. The van der Waals surface area contributed by atoms with Gasteiger partial charge in [-0.25, -0.2) is 9.02 Å². The number of nitrogen functional groups attached to an aromatic ring is 1. The van der Waals surface area contributed by atoms with Gasteiger partial charge in [0.1, 0.15) is 17.3 Å². The third-order valence-corrected chi connectivity index (χ3v) is 3.41. The lowest BCUT2D eigenvalue weighted by Crippen LogP contribution is -2.32. The van der Waals surface area contributed by atoms with Crippen LogP contribution in [0.15, 0.2) is 45.4 Å². The zero-order valence-electron chi connectivity index (χ0n) is 13.2. The summed E-state index contributed by atoms with van der Waals surface area (Å²) in [4.78, 5) is 11.7. The minimum atomic E-state index is -0.447. The normalized spacial score (nSPS) is 10.8. The number of furan rings is 1. The predicted octanol–water partition coefficient (Wildman–Crippen LogP) is 1.57. The van der Waals surface area contributed by atoms with E-state index in [0.717, 1.165) is 11.3 Å². The summed E-state index contributed by atoms with van der Waals surface area (Å²) in [5.41, 5.74) is 6.20. The molecule has 1 amide bonds. The molecule has 4 N–H and O–H groups in total. The Morgan fingerprint density at radius 2 is 1.92 bits per heavy atom. The zero-order chi connectivity index (χ0) is 17.6. The summed E-state index contributed by atoms with van der Waals surface area (Å²) in [5.74, 6) is 0.614. The van der Waals surface area contributed by atoms with Gasteiger partial charge in [0, 0.05) is 18.7 Å². The first kappa shape index (κ1) is 16.7. The highest BCUT2D eigenvalue weighted by Gasteiger charge is 2.14. The fourth-order valence-electron chi connectivity index (χ4n) is 2.15. The maximum atomic E-state index is 12.9. The van der Waals surface area contributed by atoms with Crippen LogP contribution >= 0.6 is 0 Å². The molecule has 0 saturated carbocycles. The number of aromatic nitrogens is 2. The van der Waals surface area contributed by atoms with E-state index in [1.165, 1.54) is 12.1 Å². The monoisotopic (exact) mass is 345 g/mol. The summed E-state index contributed by atoms with van der Waals surface area (Å²) in [5, 5.41) is 12.5. The molecule has 0 unspecified atom stereocenters. The number of carbonyl (C=O) groups excluding carboxylic acids is 1. The first-order valence-electron chi connectivity index (χ1n) is 7.55. The van der Waals surface area contributed by atoms with Gasteiger partial charge in [0.05, 0.1) is 6.54 Å². The molecule has 3 rings (SSSR count). The van der Waals surface area contributed by atoms with Crippen LogP contribution < -0.4 is 16.4 Å². The van der Waals surface area contributed by atoms with Gasteiger partial charge in [-0.2, -0.15) is 0 Å². The molecule has 0 aliphatic carbocycles. The van der Waals surface area contributed by atoms with Crippen LogP contribution in [0.4, 0.5) is 10.2 Å². The maximum absolute atomic E-state index is 12.9. The molecule has 3 aromatic rings. The Hall–Kier alpha value is -3.20. The Bertz CT molecular complexity index is 844. The van der Waals surface area contributed by atoms with Crippen LogP contribution in [0.2, 0.25) is 0 Å². The molecule has 0 radical (unpaired) electrons. The second kappa shape index (κ2) is 7.58. The molecule has 2 aromatic heterocycles. The van der Waals surface area contributed by atoms with E-state index in [2.05, 4.69) is 25.6 Å². The number of hydrogen-bond acceptors (Lipinski definition) is 7. The molecular formula is C16H16FN5O3. The average molecular weight is 345 g/mol. The van der Waals surface area contributed by atoms with Gasteiger partial charge in [-0.1, -0.05) is 0 Å². The molecule has 130 valence electrons. The standard InChI is InChI=1S/C16H16FN5O3/c17-11-3-1-10(2-4-11)13-6-5-12(24-13)9-19-7-8-20-16(23)14-15(18)22-25-21-14/h1-6,19H,7-9H2,(H2,18,22)(H,20,23). The quantitative estimate of drug-likeness (QED) is 0.556. The summed E-state index contributed by atoms with van der Waals surface area (Å²) in [6.45, 7) is 1.38. The number of nitrogens with zero attached hydrogens (tertiary/aromatic N) is 2. The third-order valence-electron chi connectivity index (χ3n) is 3.41. The van der Waals surface area contributed by atoms with E-state index in [9.17, 15) is 9.18 Å². The fraction of sp³-hybridized carbons (Fsp3) is 0.188. The smallest absolute Gasteiger partial charge is 0.277 e. The van der Waals surface area contributed by atoms with Crippen molar-refractivity contribution in [3.63, 3.8) is 0 Å². The Morgan fingerprint density at radius 3 is 2.64 bits per heavy atom. The van der Waals surface area contributed by atoms with Gasteiger partial charge in [0.25, 0.3) is 5.91 Å². The molecule has 0 atom stereocenters. The molecule has 25 heavy (non-hydrogen) atoms. The van der Waals surface area contributed by atoms with Crippen LogP contribution in [0.25, 0.3) is 11.3 Å². The van der Waals surface area contributed by atoms with Gasteiger partial charge in [0.15, 0.2) is 0 Å². The molecular weight excluding hydrogens is 329 g/mol. The van der Waals surface area contributed by atoms with Gasteiger partial charge in [-0.15, -0.1) is 0 Å². The Balaban J connectivity index is 1.42. The molecule has 0 spiro atoms. The maximum Gasteiger partial charge on any atom is 0.277 e. The number of amides is 1. The van der Waals surface area contributed by atoms with Crippen LogP contribution in [-0.4, -0.2) is 29.3 Å². The summed E-state index contributed by atoms with van der Waals surface area (Å²) in [7, 11) is 0. The SMILES string of the molecule is Nc1nonc1C(=O)NCCNCc1ccc(-c2ccc(F)cc2)o1. The first-order chi connectivity index (χ1) is 12.1. The van der Waals surface area contributed by atoms with Crippen LogP contribution in [0.5, 0.6) is 0 Å². The van der Waals surface area contributed by atoms with E-state index in [4.69, 9.17) is 10.2 Å². The lowest BCUT2D eigenvalue weighted by Gasteiger charge is -2.04. The lowest BCUT2D eigenvalue weighted by molar-refractivity contribution is 0.0944. The van der Waals surface area contributed by atoms with Gasteiger partial charge in [-0.05, 0) is 46.7 Å². The summed E-state index contributed by atoms with van der Waals surface area (Å²) < 4.78 is 23.0. The van der Waals surface area contributed by atoms with Crippen molar-refractivity contribution >= 4 is 11.7 Å². The van der Waals surface area contributed by atoms with Gasteiger partial charge in [0.2, 0.25) is 11.5 Å². The molecule has 0 aliphatic heterocycles. The fourth-order valence-corrected chi connectivity index (χ4v) is 2.15. The van der Waals surface area contributed by atoms with Crippen LogP contribution in [0.1, 0.15) is 16.2 Å². The zero-order valence-corrected chi connectivity index (χ0v) is 13.2. The van der Waals surface area contributed by atoms with Crippen LogP contribution in [0.3, 0.4) is 0 Å². The second-order valence-electron chi connectivity index (χ2n) is 5.20. The number of hydrogen-bond donors (Lipinski definition) is 3. The molecule has 0 aliphatic rings. The van der Waals surface area contributed by atoms with Crippen molar-refractivity contribution in [3.8, 4) is 11.3 Å². The number of halogens is 1. The number of benzene rings is 1. The average Bonchev–Trinajstić information content (AvgIpc) is 3.24. The summed E-state index contributed by atoms with van der Waals surface area (Å²) >= 11 is 0. The number of anilines is 1. The van der Waals surface area contributed by atoms with E-state index in [1.54, 1.807) is 12.1 Å². The van der Waals surface area contributed by atoms with Crippen molar-refractivity contribution in [1.82, 2.24) is 20.9 Å². The van der Waals surface area contributed by atoms with E-state index >= 15 is 0 Å². The van der Waals surface area contributed by atoms with Crippen molar-refractivity contribution in [1.29, 1.82) is 0 Å². The first-order valence-corrected chi connectivity index (χ1v) is 7.55. The lowest BCUT2D eigenvalue weighted by atomic mass is 10.2. The van der Waals surface area contributed by atoms with Crippen LogP contribution in [0, 0.1) is 5.82 Å². The Labute approximate surface area is 142 Å². The van der Waals surface area contributed by atoms with Crippen LogP contribution in [-0.2, 0) is 6.54 Å². The van der Waals surface area contributed by atoms with Crippen molar-refractivity contribution in [2.75, 3.05) is 18.8 Å². The van der Waals surface area contributed by atoms with E-state index in [1.807, 2.05) is 12.1 Å². The molecule has 9 heteroatoms. The summed E-state index contributed by atoms with van der Waals surface area (Å²) in [6, 6.07) is 9.75. The van der Waals surface area contributed by atoms with E-state index in [0.29, 0.717) is 25.4 Å². The molecule has 8 nitrogen and oxygen atoms in total. The minimum absolute atomic E-state index is 0.0324. The Kier molecular flexibility index (Phi) is 5.05. The van der Waals surface area contributed by atoms with Crippen molar-refractivity contribution in [2.24, 2.45) is 0 Å². The van der Waals surface area contributed by atoms with E-state index < -0.39 is 5.91 Å². The highest BCUT2D eigenvalue weighted by Crippen LogP contribution is 2.22. The summed E-state index contributed by atoms with van der Waals surface area (Å²) in [6.07, 6.45) is 0.